The summed E-state index contributed by atoms with van der Waals surface area (Å²) < 4.78 is 7.37. The number of ether oxygens (including phenoxy) is 1. The smallest absolute Gasteiger partial charge is 0.259 e. The molecule has 0 spiro atoms. The third kappa shape index (κ3) is 3.94. The second-order valence-corrected chi connectivity index (χ2v) is 5.81. The van der Waals surface area contributed by atoms with E-state index in [-0.39, 0.29) is 16.9 Å². The predicted molar refractivity (Wildman–Crippen MR) is 81.6 cm³/mol. The molecule has 2 rings (SSSR count). The lowest BCUT2D eigenvalue weighted by Gasteiger charge is -2.18. The zero-order chi connectivity index (χ0) is 15.4. The van der Waals surface area contributed by atoms with E-state index in [1.807, 2.05) is 14.0 Å². The van der Waals surface area contributed by atoms with Crippen molar-refractivity contribution in [2.75, 3.05) is 20.2 Å². The Bertz CT molecular complexity index is 559. The normalized spacial score (nSPS) is 18.0. The highest BCUT2D eigenvalue weighted by Crippen LogP contribution is 2.17. The second kappa shape index (κ2) is 6.89. The lowest BCUT2D eigenvalue weighted by atomic mass is 10.1. The summed E-state index contributed by atoms with van der Waals surface area (Å²) in [6, 6.07) is 1.51. The van der Waals surface area contributed by atoms with Crippen molar-refractivity contribution in [3.8, 4) is 0 Å². The molecule has 116 valence electrons. The summed E-state index contributed by atoms with van der Waals surface area (Å²) >= 11 is 0. The van der Waals surface area contributed by atoms with E-state index in [1.165, 1.54) is 6.07 Å². The zero-order valence-electron chi connectivity index (χ0n) is 13.1. The molecule has 1 amide bonds. The number of hydrogen-bond donors (Lipinski definition) is 0. The van der Waals surface area contributed by atoms with Gasteiger partial charge in [-0.15, -0.1) is 0 Å². The largest absolute Gasteiger partial charge is 0.378 e. The predicted octanol–water partition coefficient (Wildman–Crippen LogP) is 1.72. The number of carbonyl (C=O) groups is 1. The van der Waals surface area contributed by atoms with Crippen LogP contribution in [0.4, 0.5) is 0 Å². The van der Waals surface area contributed by atoms with E-state index in [2.05, 4.69) is 0 Å². The van der Waals surface area contributed by atoms with Crippen molar-refractivity contribution in [2.24, 2.45) is 7.05 Å². The molecule has 1 aromatic rings. The monoisotopic (exact) mass is 292 g/mol. The SMILES string of the molecule is Cc1cc(=O)c(C(=O)N(C)CCC[C@@H]2CCCO2)cn1C. The summed E-state index contributed by atoms with van der Waals surface area (Å²) in [6.45, 7) is 3.36. The van der Waals surface area contributed by atoms with Gasteiger partial charge in [-0.2, -0.15) is 0 Å². The Labute approximate surface area is 125 Å². The number of aryl methyl sites for hydroxylation is 2. The van der Waals surface area contributed by atoms with Gasteiger partial charge in [0.25, 0.3) is 5.91 Å². The molecule has 2 heterocycles. The molecular formula is C16H24N2O3. The van der Waals surface area contributed by atoms with Crippen molar-refractivity contribution < 1.29 is 9.53 Å². The van der Waals surface area contributed by atoms with Gasteiger partial charge in [-0.05, 0) is 32.6 Å². The number of carbonyl (C=O) groups excluding carboxylic acids is 1. The van der Waals surface area contributed by atoms with E-state index in [1.54, 1.807) is 22.7 Å². The summed E-state index contributed by atoms with van der Waals surface area (Å²) in [5.74, 6) is -0.206. The van der Waals surface area contributed by atoms with Gasteiger partial charge >= 0.3 is 0 Å². The number of rotatable bonds is 5. The maximum Gasteiger partial charge on any atom is 0.259 e. The molecule has 0 aromatic carbocycles. The van der Waals surface area contributed by atoms with Gasteiger partial charge in [0.15, 0.2) is 5.43 Å². The Hall–Kier alpha value is -1.62. The molecule has 0 radical (unpaired) electrons. The van der Waals surface area contributed by atoms with E-state index < -0.39 is 0 Å². The van der Waals surface area contributed by atoms with Crippen LogP contribution >= 0.6 is 0 Å². The minimum absolute atomic E-state index is 0.206. The summed E-state index contributed by atoms with van der Waals surface area (Å²) in [5.41, 5.74) is 0.877. The highest BCUT2D eigenvalue weighted by molar-refractivity contribution is 5.93. The standard InChI is InChI=1S/C16H24N2O3/c1-12-10-15(19)14(11-18(12)3)16(20)17(2)8-4-6-13-7-5-9-21-13/h10-11,13H,4-9H2,1-3H3/t13-/m1/s1. The first kappa shape index (κ1) is 15.8. The average molecular weight is 292 g/mol. The van der Waals surface area contributed by atoms with E-state index in [0.29, 0.717) is 12.6 Å². The Balaban J connectivity index is 1.92. The van der Waals surface area contributed by atoms with Gasteiger partial charge in [-0.25, -0.2) is 0 Å². The van der Waals surface area contributed by atoms with Crippen LogP contribution in [0.1, 0.15) is 41.7 Å². The van der Waals surface area contributed by atoms with Gasteiger partial charge in [-0.3, -0.25) is 9.59 Å². The molecule has 0 unspecified atom stereocenters. The molecule has 1 aromatic heterocycles. The number of pyridine rings is 1. The average Bonchev–Trinajstić information content (AvgIpc) is 2.95. The third-order valence-corrected chi connectivity index (χ3v) is 4.11. The van der Waals surface area contributed by atoms with Crippen molar-refractivity contribution in [3.63, 3.8) is 0 Å². The van der Waals surface area contributed by atoms with Gasteiger partial charge in [-0.1, -0.05) is 0 Å². The van der Waals surface area contributed by atoms with Gasteiger partial charge in [0.05, 0.1) is 6.10 Å². The highest BCUT2D eigenvalue weighted by Gasteiger charge is 2.18. The maximum atomic E-state index is 12.3. The number of nitrogens with zero attached hydrogens (tertiary/aromatic N) is 2. The van der Waals surface area contributed by atoms with Crippen LogP contribution in [-0.2, 0) is 11.8 Å². The number of aromatic nitrogens is 1. The number of hydrogen-bond acceptors (Lipinski definition) is 3. The van der Waals surface area contributed by atoms with Gasteiger partial charge < -0.3 is 14.2 Å². The second-order valence-electron chi connectivity index (χ2n) is 5.81. The first-order chi connectivity index (χ1) is 9.99. The van der Waals surface area contributed by atoms with Crippen LogP contribution in [0.15, 0.2) is 17.1 Å². The van der Waals surface area contributed by atoms with Crippen LogP contribution < -0.4 is 5.43 Å². The maximum absolute atomic E-state index is 12.3. The molecule has 0 saturated carbocycles. The molecule has 5 heteroatoms. The summed E-state index contributed by atoms with van der Waals surface area (Å²) in [5, 5.41) is 0. The molecular weight excluding hydrogens is 268 g/mol. The number of amides is 1. The topological polar surface area (TPSA) is 51.5 Å². The summed E-state index contributed by atoms with van der Waals surface area (Å²) in [7, 11) is 3.58. The lowest BCUT2D eigenvalue weighted by molar-refractivity contribution is 0.0761. The van der Waals surface area contributed by atoms with Crippen molar-refractivity contribution >= 4 is 5.91 Å². The minimum atomic E-state index is -0.207. The third-order valence-electron chi connectivity index (χ3n) is 4.11. The van der Waals surface area contributed by atoms with Crippen molar-refractivity contribution in [1.82, 2.24) is 9.47 Å². The Kier molecular flexibility index (Phi) is 5.17. The summed E-state index contributed by atoms with van der Waals surface area (Å²) in [6.07, 6.45) is 6.11. The van der Waals surface area contributed by atoms with E-state index in [0.717, 1.165) is 38.0 Å². The van der Waals surface area contributed by atoms with Crippen LogP contribution in [0.3, 0.4) is 0 Å². The van der Waals surface area contributed by atoms with Gasteiger partial charge in [0.2, 0.25) is 0 Å². The molecule has 0 N–H and O–H groups in total. The molecule has 0 aliphatic carbocycles. The van der Waals surface area contributed by atoms with E-state index in [4.69, 9.17) is 4.74 Å². The van der Waals surface area contributed by atoms with Crippen molar-refractivity contribution in [1.29, 1.82) is 0 Å². The van der Waals surface area contributed by atoms with Gasteiger partial charge in [0, 0.05) is 45.2 Å². The zero-order valence-corrected chi connectivity index (χ0v) is 13.1. The van der Waals surface area contributed by atoms with Crippen LogP contribution in [-0.4, -0.2) is 41.7 Å². The van der Waals surface area contributed by atoms with Crippen LogP contribution in [0, 0.1) is 6.92 Å². The Morgan fingerprint density at radius 1 is 1.52 bits per heavy atom. The van der Waals surface area contributed by atoms with Crippen LogP contribution in [0.2, 0.25) is 0 Å². The highest BCUT2D eigenvalue weighted by atomic mass is 16.5. The molecule has 1 atom stereocenters. The first-order valence-electron chi connectivity index (χ1n) is 7.53. The first-order valence-corrected chi connectivity index (χ1v) is 7.53. The van der Waals surface area contributed by atoms with E-state index in [9.17, 15) is 9.59 Å². The molecule has 1 aliphatic heterocycles. The van der Waals surface area contributed by atoms with Crippen molar-refractivity contribution in [3.05, 3.63) is 33.7 Å². The quantitative estimate of drug-likeness (QED) is 0.830. The lowest BCUT2D eigenvalue weighted by Crippen LogP contribution is -2.32. The van der Waals surface area contributed by atoms with Crippen LogP contribution in [0.5, 0.6) is 0 Å². The molecule has 1 saturated heterocycles. The van der Waals surface area contributed by atoms with Crippen molar-refractivity contribution in [2.45, 2.75) is 38.7 Å². The van der Waals surface area contributed by atoms with Crippen LogP contribution in [0.25, 0.3) is 0 Å². The van der Waals surface area contributed by atoms with E-state index >= 15 is 0 Å². The van der Waals surface area contributed by atoms with Gasteiger partial charge in [0.1, 0.15) is 5.56 Å². The molecule has 5 nitrogen and oxygen atoms in total. The fourth-order valence-corrected chi connectivity index (χ4v) is 2.62. The molecule has 1 aliphatic rings. The molecule has 21 heavy (non-hydrogen) atoms. The Morgan fingerprint density at radius 2 is 2.29 bits per heavy atom. The summed E-state index contributed by atoms with van der Waals surface area (Å²) in [4.78, 5) is 25.9. The fraction of sp³-hybridized carbons (Fsp3) is 0.625. The molecule has 0 bridgehead atoms. The molecule has 1 fully saturated rings. The minimum Gasteiger partial charge on any atom is -0.378 e. The fourth-order valence-electron chi connectivity index (χ4n) is 2.62. The Morgan fingerprint density at radius 3 is 2.95 bits per heavy atom.